The SMILES string of the molecule is C=CCN1C(=S)SC(C)(C)C1[N+](O)=Cc1ccc(Cl)cc1. The third-order valence-corrected chi connectivity index (χ3v) is 5.11. The molecule has 0 amide bonds. The molecule has 21 heavy (non-hydrogen) atoms. The maximum Gasteiger partial charge on any atom is 0.292 e. The van der Waals surface area contributed by atoms with Crippen LogP contribution in [0.1, 0.15) is 19.4 Å². The lowest BCUT2D eigenvalue weighted by molar-refractivity contribution is -0.808. The Morgan fingerprint density at radius 2 is 2.10 bits per heavy atom. The predicted octanol–water partition coefficient (Wildman–Crippen LogP) is 3.79. The average Bonchev–Trinajstić information content (AvgIpc) is 2.62. The molecule has 0 spiro atoms. The molecule has 1 atom stereocenters. The first-order chi connectivity index (χ1) is 9.85. The van der Waals surface area contributed by atoms with E-state index in [1.54, 1.807) is 36.2 Å². The normalized spacial score (nSPS) is 21.7. The van der Waals surface area contributed by atoms with Gasteiger partial charge in [0.2, 0.25) is 6.21 Å². The van der Waals surface area contributed by atoms with Gasteiger partial charge in [-0.2, -0.15) is 0 Å². The maximum absolute atomic E-state index is 10.5. The molecule has 1 fully saturated rings. The third kappa shape index (κ3) is 3.59. The molecule has 1 unspecified atom stereocenters. The summed E-state index contributed by atoms with van der Waals surface area (Å²) in [6.07, 6.45) is 3.23. The molecule has 1 aromatic carbocycles. The van der Waals surface area contributed by atoms with Gasteiger partial charge in [-0.05, 0) is 42.9 Å². The number of halogens is 1. The molecule has 1 aliphatic heterocycles. The van der Waals surface area contributed by atoms with Gasteiger partial charge in [0.25, 0.3) is 6.17 Å². The minimum Gasteiger partial charge on any atom is -0.291 e. The standard InChI is InChI=1S/C15H18ClN2OS2/c1-4-9-17-13(15(2,3)21-14(17)20)18(19)10-11-5-7-12(16)8-6-11/h4-8,10,13,19H,1,9H2,2-3H3/q+1. The molecule has 2 rings (SSSR count). The van der Waals surface area contributed by atoms with Crippen LogP contribution in [0.15, 0.2) is 36.9 Å². The molecule has 0 saturated carbocycles. The zero-order chi connectivity index (χ0) is 15.6. The number of thiocarbonyl (C=S) groups is 1. The molecule has 1 aromatic rings. The number of nitrogens with zero attached hydrogens (tertiary/aromatic N) is 2. The van der Waals surface area contributed by atoms with Crippen LogP contribution in [0.4, 0.5) is 0 Å². The van der Waals surface area contributed by atoms with Crippen molar-refractivity contribution in [2.45, 2.75) is 24.8 Å². The van der Waals surface area contributed by atoms with Crippen LogP contribution >= 0.6 is 35.6 Å². The summed E-state index contributed by atoms with van der Waals surface area (Å²) in [5.74, 6) is 0. The van der Waals surface area contributed by atoms with E-state index in [2.05, 4.69) is 20.4 Å². The van der Waals surface area contributed by atoms with E-state index in [1.165, 1.54) is 4.74 Å². The van der Waals surface area contributed by atoms with Gasteiger partial charge in [0.1, 0.15) is 9.07 Å². The maximum atomic E-state index is 10.5. The van der Waals surface area contributed by atoms with E-state index < -0.39 is 0 Å². The van der Waals surface area contributed by atoms with E-state index in [-0.39, 0.29) is 10.9 Å². The summed E-state index contributed by atoms with van der Waals surface area (Å²) < 4.78 is 1.77. The highest BCUT2D eigenvalue weighted by Crippen LogP contribution is 2.41. The minimum absolute atomic E-state index is 0.224. The first kappa shape index (κ1) is 16.3. The Labute approximate surface area is 139 Å². The van der Waals surface area contributed by atoms with Crippen LogP contribution in [-0.4, -0.2) is 42.8 Å². The van der Waals surface area contributed by atoms with E-state index >= 15 is 0 Å². The summed E-state index contributed by atoms with van der Waals surface area (Å²) in [7, 11) is 0. The number of hydrogen-bond donors (Lipinski definition) is 1. The van der Waals surface area contributed by atoms with Gasteiger partial charge in [-0.15, -0.1) is 6.58 Å². The molecular formula is C15H18ClN2OS2+. The number of benzene rings is 1. The summed E-state index contributed by atoms with van der Waals surface area (Å²) in [5, 5.41) is 11.2. The first-order valence-electron chi connectivity index (χ1n) is 6.53. The van der Waals surface area contributed by atoms with E-state index in [0.29, 0.717) is 11.6 Å². The van der Waals surface area contributed by atoms with Gasteiger partial charge >= 0.3 is 0 Å². The molecule has 1 saturated heterocycles. The van der Waals surface area contributed by atoms with E-state index in [9.17, 15) is 5.21 Å². The van der Waals surface area contributed by atoms with E-state index in [4.69, 9.17) is 23.8 Å². The smallest absolute Gasteiger partial charge is 0.291 e. The lowest BCUT2D eigenvalue weighted by Crippen LogP contribution is -2.48. The van der Waals surface area contributed by atoms with Crippen LogP contribution in [0.25, 0.3) is 0 Å². The Morgan fingerprint density at radius 1 is 1.48 bits per heavy atom. The highest BCUT2D eigenvalue weighted by molar-refractivity contribution is 8.24. The fraction of sp³-hybridized carbons (Fsp3) is 0.333. The van der Waals surface area contributed by atoms with Crippen molar-refractivity contribution in [2.75, 3.05) is 6.54 Å². The van der Waals surface area contributed by atoms with Crippen molar-refractivity contribution in [1.29, 1.82) is 0 Å². The fourth-order valence-electron chi connectivity index (χ4n) is 2.36. The number of thioether (sulfide) groups is 1. The summed E-state index contributed by atoms with van der Waals surface area (Å²) in [5.41, 5.74) is 0.874. The summed E-state index contributed by atoms with van der Waals surface area (Å²) >= 11 is 12.9. The van der Waals surface area contributed by atoms with Gasteiger partial charge in [0, 0.05) is 17.1 Å². The molecule has 1 heterocycles. The highest BCUT2D eigenvalue weighted by atomic mass is 35.5. The second-order valence-electron chi connectivity index (χ2n) is 5.35. The number of rotatable bonds is 4. The van der Waals surface area contributed by atoms with Crippen molar-refractivity contribution in [2.24, 2.45) is 0 Å². The zero-order valence-corrected chi connectivity index (χ0v) is 14.4. The molecule has 0 aliphatic carbocycles. The largest absolute Gasteiger partial charge is 0.292 e. The molecule has 0 bridgehead atoms. The van der Waals surface area contributed by atoms with Gasteiger partial charge in [-0.25, -0.2) is 0 Å². The van der Waals surface area contributed by atoms with Gasteiger partial charge in [-0.3, -0.25) is 10.1 Å². The second kappa shape index (κ2) is 6.38. The van der Waals surface area contributed by atoms with Crippen molar-refractivity contribution < 1.29 is 9.95 Å². The van der Waals surface area contributed by atoms with Crippen LogP contribution in [0, 0.1) is 0 Å². The second-order valence-corrected chi connectivity index (χ2v) is 8.07. The van der Waals surface area contributed by atoms with E-state index in [1.807, 2.05) is 17.0 Å². The zero-order valence-electron chi connectivity index (χ0n) is 12.0. The quantitative estimate of drug-likeness (QED) is 0.225. The molecule has 0 aromatic heterocycles. The van der Waals surface area contributed by atoms with Gasteiger partial charge in [0.05, 0.1) is 0 Å². The van der Waals surface area contributed by atoms with Crippen molar-refractivity contribution in [1.82, 2.24) is 4.90 Å². The van der Waals surface area contributed by atoms with Crippen LogP contribution in [0.5, 0.6) is 0 Å². The van der Waals surface area contributed by atoms with Crippen LogP contribution in [0.3, 0.4) is 0 Å². The molecule has 1 N–H and O–H groups in total. The fourth-order valence-corrected chi connectivity index (χ4v) is 4.39. The Morgan fingerprint density at radius 3 is 2.67 bits per heavy atom. The Bertz CT molecular complexity index is 584. The van der Waals surface area contributed by atoms with Gasteiger partial charge < -0.3 is 0 Å². The monoisotopic (exact) mass is 341 g/mol. The Balaban J connectivity index is 2.33. The number of hydroxylamine groups is 1. The molecule has 1 aliphatic rings. The van der Waals surface area contributed by atoms with Crippen LogP contribution in [0.2, 0.25) is 5.02 Å². The van der Waals surface area contributed by atoms with Gasteiger partial charge in [-0.1, -0.05) is 41.7 Å². The lowest BCUT2D eigenvalue weighted by atomic mass is 10.1. The van der Waals surface area contributed by atoms with E-state index in [0.717, 1.165) is 9.88 Å². The van der Waals surface area contributed by atoms with Crippen molar-refractivity contribution >= 4 is 46.1 Å². The number of hydrogen-bond acceptors (Lipinski definition) is 3. The van der Waals surface area contributed by atoms with Crippen molar-refractivity contribution in [3.63, 3.8) is 0 Å². The van der Waals surface area contributed by atoms with Crippen molar-refractivity contribution in [3.8, 4) is 0 Å². The first-order valence-corrected chi connectivity index (χ1v) is 8.13. The Kier molecular flexibility index (Phi) is 4.96. The van der Waals surface area contributed by atoms with Crippen LogP contribution < -0.4 is 0 Å². The van der Waals surface area contributed by atoms with Crippen LogP contribution in [-0.2, 0) is 0 Å². The van der Waals surface area contributed by atoms with Gasteiger partial charge in [0.15, 0.2) is 0 Å². The summed E-state index contributed by atoms with van der Waals surface area (Å²) in [4.78, 5) is 1.97. The summed E-state index contributed by atoms with van der Waals surface area (Å²) in [6.45, 7) is 8.49. The molecule has 0 radical (unpaired) electrons. The van der Waals surface area contributed by atoms with Crippen molar-refractivity contribution in [3.05, 3.63) is 47.5 Å². The highest BCUT2D eigenvalue weighted by Gasteiger charge is 2.52. The topological polar surface area (TPSA) is 26.5 Å². The summed E-state index contributed by atoms with van der Waals surface area (Å²) in [6, 6.07) is 7.30. The molecular weight excluding hydrogens is 324 g/mol. The average molecular weight is 342 g/mol. The predicted molar refractivity (Wildman–Crippen MR) is 93.6 cm³/mol. The molecule has 112 valence electrons. The third-order valence-electron chi connectivity index (χ3n) is 3.23. The lowest BCUT2D eigenvalue weighted by Gasteiger charge is -2.24. The molecule has 3 nitrogen and oxygen atoms in total. The Hall–Kier alpha value is -1.04. The minimum atomic E-state index is -0.247. The molecule has 6 heteroatoms.